The minimum atomic E-state index is -0.186. The summed E-state index contributed by atoms with van der Waals surface area (Å²) in [4.78, 5) is 29.4. The zero-order valence-electron chi connectivity index (χ0n) is 15.0. The van der Waals surface area contributed by atoms with E-state index in [2.05, 4.69) is 34.5 Å². The van der Waals surface area contributed by atoms with Gasteiger partial charge in [-0.1, -0.05) is 18.2 Å². The number of urea groups is 1. The number of para-hydroxylation sites is 1. The Morgan fingerprint density at radius 3 is 2.88 bits per heavy atom. The van der Waals surface area contributed by atoms with Crippen LogP contribution in [0.4, 0.5) is 16.2 Å². The molecule has 2 aliphatic heterocycles. The highest BCUT2D eigenvalue weighted by Gasteiger charge is 2.33. The summed E-state index contributed by atoms with van der Waals surface area (Å²) < 4.78 is 1.59. The summed E-state index contributed by atoms with van der Waals surface area (Å²) in [5.41, 5.74) is 2.84. The molecule has 1 aromatic carbocycles. The van der Waals surface area contributed by atoms with Crippen molar-refractivity contribution < 1.29 is 4.79 Å². The van der Waals surface area contributed by atoms with Gasteiger partial charge in [-0.05, 0) is 43.5 Å². The molecular weight excluding hydrogens is 328 g/mol. The third-order valence-electron chi connectivity index (χ3n) is 5.35. The number of nitrogens with zero attached hydrogens (tertiary/aromatic N) is 3. The third kappa shape index (κ3) is 2.96. The fourth-order valence-electron chi connectivity index (χ4n) is 4.03. The van der Waals surface area contributed by atoms with E-state index >= 15 is 0 Å². The Hall–Kier alpha value is -2.76. The van der Waals surface area contributed by atoms with Crippen molar-refractivity contribution in [3.63, 3.8) is 0 Å². The molecule has 4 rings (SSSR count). The summed E-state index contributed by atoms with van der Waals surface area (Å²) >= 11 is 0. The van der Waals surface area contributed by atoms with Crippen molar-refractivity contribution in [2.24, 2.45) is 0 Å². The molecule has 2 aliphatic rings. The van der Waals surface area contributed by atoms with E-state index in [1.807, 2.05) is 11.8 Å². The van der Waals surface area contributed by atoms with Gasteiger partial charge in [-0.25, -0.2) is 4.79 Å². The molecule has 0 spiro atoms. The van der Waals surface area contributed by atoms with Crippen LogP contribution in [-0.2, 0) is 13.0 Å². The summed E-state index contributed by atoms with van der Waals surface area (Å²) in [5.74, 6) is 0. The molecule has 1 aromatic heterocycles. The van der Waals surface area contributed by atoms with Gasteiger partial charge in [-0.15, -0.1) is 0 Å². The molecular formula is C20H24N4O2. The number of benzene rings is 1. The van der Waals surface area contributed by atoms with Gasteiger partial charge in [-0.2, -0.15) is 0 Å². The quantitative estimate of drug-likeness (QED) is 0.904. The molecule has 1 fully saturated rings. The number of amides is 2. The monoisotopic (exact) mass is 352 g/mol. The highest BCUT2D eigenvalue weighted by atomic mass is 16.2. The van der Waals surface area contributed by atoms with Crippen molar-refractivity contribution in [1.29, 1.82) is 0 Å². The Morgan fingerprint density at radius 1 is 1.19 bits per heavy atom. The van der Waals surface area contributed by atoms with Gasteiger partial charge in [0.15, 0.2) is 0 Å². The average molecular weight is 352 g/mol. The molecule has 1 N–H and O–H groups in total. The van der Waals surface area contributed by atoms with Crippen LogP contribution in [0.5, 0.6) is 0 Å². The number of carbonyl (C=O) groups excluding carboxylic acids is 1. The number of rotatable bonds is 2. The first-order valence-corrected chi connectivity index (χ1v) is 9.27. The second-order valence-electron chi connectivity index (χ2n) is 6.92. The smallest absolute Gasteiger partial charge is 0.322 e. The molecule has 2 aromatic rings. The van der Waals surface area contributed by atoms with Crippen LogP contribution >= 0.6 is 0 Å². The molecule has 1 saturated heterocycles. The summed E-state index contributed by atoms with van der Waals surface area (Å²) in [6, 6.07) is 12.1. The Balaban J connectivity index is 1.49. The number of nitrogens with one attached hydrogen (secondary N) is 1. The molecule has 0 bridgehead atoms. The van der Waals surface area contributed by atoms with Crippen LogP contribution in [0.25, 0.3) is 0 Å². The second kappa shape index (κ2) is 6.86. The first-order chi connectivity index (χ1) is 12.7. The summed E-state index contributed by atoms with van der Waals surface area (Å²) in [6.07, 6.45) is 3.62. The highest BCUT2D eigenvalue weighted by Crippen LogP contribution is 2.33. The number of hydrogen-bond acceptors (Lipinski definition) is 3. The SMILES string of the molecule is CCn1cccc(NC(=O)N2CCCN3c4ccccc4C[C@H]3C2)c1=O. The highest BCUT2D eigenvalue weighted by molar-refractivity contribution is 5.89. The number of fused-ring (bicyclic) bond motifs is 3. The maximum atomic E-state index is 12.8. The van der Waals surface area contributed by atoms with Gasteiger partial charge >= 0.3 is 6.03 Å². The van der Waals surface area contributed by atoms with Crippen molar-refractivity contribution in [3.8, 4) is 0 Å². The molecule has 6 nitrogen and oxygen atoms in total. The van der Waals surface area contributed by atoms with Crippen molar-refractivity contribution in [2.45, 2.75) is 32.4 Å². The van der Waals surface area contributed by atoms with E-state index < -0.39 is 0 Å². The Bertz CT molecular complexity index is 876. The number of aryl methyl sites for hydroxylation is 1. The number of hydrogen-bond donors (Lipinski definition) is 1. The van der Waals surface area contributed by atoms with Crippen LogP contribution < -0.4 is 15.8 Å². The fourth-order valence-corrected chi connectivity index (χ4v) is 4.03. The van der Waals surface area contributed by atoms with E-state index in [-0.39, 0.29) is 11.6 Å². The molecule has 3 heterocycles. The first kappa shape index (κ1) is 16.7. The minimum Gasteiger partial charge on any atom is -0.366 e. The van der Waals surface area contributed by atoms with Crippen LogP contribution in [-0.4, -0.2) is 41.2 Å². The molecule has 6 heteroatoms. The Kier molecular flexibility index (Phi) is 4.41. The van der Waals surface area contributed by atoms with Crippen molar-refractivity contribution in [3.05, 3.63) is 58.5 Å². The van der Waals surface area contributed by atoms with Crippen LogP contribution in [0.15, 0.2) is 47.4 Å². The van der Waals surface area contributed by atoms with E-state index in [0.717, 1.165) is 19.4 Å². The van der Waals surface area contributed by atoms with E-state index in [1.165, 1.54) is 11.3 Å². The number of carbonyl (C=O) groups is 1. The van der Waals surface area contributed by atoms with Gasteiger partial charge in [-0.3, -0.25) is 4.79 Å². The normalized spacial score (nSPS) is 18.9. The molecule has 1 atom stereocenters. The topological polar surface area (TPSA) is 57.6 Å². The lowest BCUT2D eigenvalue weighted by Crippen LogP contribution is -2.43. The van der Waals surface area contributed by atoms with Crippen LogP contribution in [0.1, 0.15) is 18.9 Å². The third-order valence-corrected chi connectivity index (χ3v) is 5.35. The molecule has 26 heavy (non-hydrogen) atoms. The Morgan fingerprint density at radius 2 is 2.04 bits per heavy atom. The largest absolute Gasteiger partial charge is 0.366 e. The number of anilines is 2. The molecule has 0 aliphatic carbocycles. The molecule has 136 valence electrons. The zero-order chi connectivity index (χ0) is 18.1. The predicted octanol–water partition coefficient (Wildman–Crippen LogP) is 2.54. The van der Waals surface area contributed by atoms with Crippen LogP contribution in [0, 0.1) is 0 Å². The molecule has 0 radical (unpaired) electrons. The van der Waals surface area contributed by atoms with E-state index in [9.17, 15) is 9.59 Å². The lowest BCUT2D eigenvalue weighted by Gasteiger charge is -2.27. The van der Waals surface area contributed by atoms with Gasteiger partial charge in [0.25, 0.3) is 5.56 Å². The maximum Gasteiger partial charge on any atom is 0.322 e. The average Bonchev–Trinajstić information content (AvgIpc) is 2.86. The van der Waals surface area contributed by atoms with Gasteiger partial charge in [0.1, 0.15) is 5.69 Å². The summed E-state index contributed by atoms with van der Waals surface area (Å²) in [7, 11) is 0. The number of pyridine rings is 1. The first-order valence-electron chi connectivity index (χ1n) is 9.27. The standard InChI is InChI=1S/C20H24N4O2/c1-2-22-10-5-8-17(19(22)25)21-20(26)23-11-6-12-24-16(14-23)13-15-7-3-4-9-18(15)24/h3-5,7-10,16H,2,6,11-14H2,1H3,(H,21,26)/t16-/m0/s1. The lowest BCUT2D eigenvalue weighted by atomic mass is 10.1. The summed E-state index contributed by atoms with van der Waals surface area (Å²) in [5, 5.41) is 2.82. The molecule has 0 saturated carbocycles. The van der Waals surface area contributed by atoms with Crippen molar-refractivity contribution in [1.82, 2.24) is 9.47 Å². The van der Waals surface area contributed by atoms with E-state index in [0.29, 0.717) is 31.4 Å². The zero-order valence-corrected chi connectivity index (χ0v) is 15.0. The number of aromatic nitrogens is 1. The maximum absolute atomic E-state index is 12.8. The van der Waals surface area contributed by atoms with Gasteiger partial charge in [0.05, 0.1) is 6.04 Å². The van der Waals surface area contributed by atoms with Gasteiger partial charge in [0.2, 0.25) is 0 Å². The second-order valence-corrected chi connectivity index (χ2v) is 6.92. The van der Waals surface area contributed by atoms with Gasteiger partial charge in [0, 0.05) is 38.1 Å². The van der Waals surface area contributed by atoms with Gasteiger partial charge < -0.3 is 19.7 Å². The predicted molar refractivity (Wildman–Crippen MR) is 103 cm³/mol. The molecule has 0 unspecified atom stereocenters. The minimum absolute atomic E-state index is 0.159. The molecule has 2 amide bonds. The van der Waals surface area contributed by atoms with E-state index in [4.69, 9.17) is 0 Å². The van der Waals surface area contributed by atoms with Crippen LogP contribution in [0.2, 0.25) is 0 Å². The van der Waals surface area contributed by atoms with Crippen molar-refractivity contribution in [2.75, 3.05) is 29.9 Å². The Labute approximate surface area is 153 Å². The van der Waals surface area contributed by atoms with Crippen LogP contribution in [0.3, 0.4) is 0 Å². The fraction of sp³-hybridized carbons (Fsp3) is 0.400. The summed E-state index contributed by atoms with van der Waals surface area (Å²) in [6.45, 7) is 4.83. The lowest BCUT2D eigenvalue weighted by molar-refractivity contribution is 0.211. The van der Waals surface area contributed by atoms with Crippen molar-refractivity contribution >= 4 is 17.4 Å². The van der Waals surface area contributed by atoms with E-state index in [1.54, 1.807) is 22.9 Å².